The summed E-state index contributed by atoms with van der Waals surface area (Å²) in [4.78, 5) is 17.4. The first kappa shape index (κ1) is 27.7. The highest BCUT2D eigenvalue weighted by molar-refractivity contribution is 7.89. The molecule has 0 amide bonds. The highest BCUT2D eigenvalue weighted by Gasteiger charge is 2.35. The van der Waals surface area contributed by atoms with Crippen molar-refractivity contribution in [3.63, 3.8) is 0 Å². The van der Waals surface area contributed by atoms with Crippen molar-refractivity contribution >= 4 is 27.0 Å². The van der Waals surface area contributed by atoms with Gasteiger partial charge in [0, 0.05) is 34.6 Å². The van der Waals surface area contributed by atoms with Gasteiger partial charge in [-0.1, -0.05) is 37.5 Å². The number of nitrogens with zero attached hydrogens (tertiary/aromatic N) is 1. The second-order valence-electron chi connectivity index (χ2n) is 11.6. The number of aryl methyl sites for hydroxylation is 1. The fourth-order valence-electron chi connectivity index (χ4n) is 6.10. The Labute approximate surface area is 231 Å². The number of Topliss-reactive ketones (excluding diaryl/α,β-unsaturated/α-hetero) is 1. The Morgan fingerprint density at radius 1 is 1.13 bits per heavy atom. The molecule has 0 radical (unpaired) electrons. The molecular formula is C31H38FN3O3S. The molecule has 3 aliphatic carbocycles. The normalized spacial score (nSPS) is 21.8. The van der Waals surface area contributed by atoms with Gasteiger partial charge in [0.15, 0.2) is 5.78 Å². The maximum atomic E-state index is 15.9. The second kappa shape index (κ2) is 11.0. The summed E-state index contributed by atoms with van der Waals surface area (Å²) in [6.45, 7) is 3.20. The summed E-state index contributed by atoms with van der Waals surface area (Å²) in [6, 6.07) is 8.90. The van der Waals surface area contributed by atoms with Crippen molar-refractivity contribution in [1.82, 2.24) is 9.71 Å². The molecule has 1 unspecified atom stereocenters. The van der Waals surface area contributed by atoms with Gasteiger partial charge in [-0.15, -0.1) is 0 Å². The van der Waals surface area contributed by atoms with E-state index in [9.17, 15) is 13.2 Å². The lowest BCUT2D eigenvalue weighted by Gasteiger charge is -2.32. The number of fused-ring (bicyclic) bond motifs is 1. The van der Waals surface area contributed by atoms with E-state index in [0.717, 1.165) is 60.9 Å². The van der Waals surface area contributed by atoms with Crippen LogP contribution in [0, 0.1) is 5.92 Å². The lowest BCUT2D eigenvalue weighted by molar-refractivity contribution is -0.111. The molecule has 1 heterocycles. The van der Waals surface area contributed by atoms with E-state index in [0.29, 0.717) is 42.5 Å². The van der Waals surface area contributed by atoms with Gasteiger partial charge in [-0.25, -0.2) is 17.5 Å². The molecule has 39 heavy (non-hydrogen) atoms. The maximum absolute atomic E-state index is 15.9. The number of nitrogens with two attached hydrogens (primary N) is 1. The predicted molar refractivity (Wildman–Crippen MR) is 152 cm³/mol. The SMILES string of the molecule is CC(=O)C(=C(C)N)c1cnc2c(c1)CCC(CC1(F)CCCCC1)C=C2c1cccc(S(=O)(=O)NC2CC2)c1. The van der Waals surface area contributed by atoms with Crippen molar-refractivity contribution < 1.29 is 17.6 Å². The number of carbonyl (C=O) groups is 1. The van der Waals surface area contributed by atoms with Crippen LogP contribution >= 0.6 is 0 Å². The molecule has 2 aromatic rings. The van der Waals surface area contributed by atoms with Gasteiger partial charge in [0.05, 0.1) is 10.6 Å². The molecule has 5 rings (SSSR count). The van der Waals surface area contributed by atoms with Crippen LogP contribution in [-0.2, 0) is 21.2 Å². The van der Waals surface area contributed by atoms with Crippen molar-refractivity contribution in [3.05, 3.63) is 70.7 Å². The van der Waals surface area contributed by atoms with Gasteiger partial charge >= 0.3 is 0 Å². The lowest BCUT2D eigenvalue weighted by Crippen LogP contribution is -2.28. The van der Waals surface area contributed by atoms with Gasteiger partial charge in [0.1, 0.15) is 5.67 Å². The van der Waals surface area contributed by atoms with Crippen LogP contribution in [0.3, 0.4) is 0 Å². The molecule has 3 N–H and O–H groups in total. The summed E-state index contributed by atoms with van der Waals surface area (Å²) in [6.07, 6.45) is 11.4. The van der Waals surface area contributed by atoms with E-state index in [4.69, 9.17) is 10.7 Å². The maximum Gasteiger partial charge on any atom is 0.240 e. The Bertz CT molecular complexity index is 1430. The number of benzene rings is 1. The van der Waals surface area contributed by atoms with E-state index in [1.165, 1.54) is 6.92 Å². The molecule has 6 nitrogen and oxygen atoms in total. The standard InChI is InChI=1S/C31H38FN3O3S/c1-20(33)29(21(2)36)25-16-24-10-9-22(18-31(32)13-4-3-5-14-31)15-28(30(24)34-19-25)23-7-6-8-27(17-23)39(37,38)35-26-11-12-26/h6-8,15-17,19,22,26,35H,3-5,9-14,18,33H2,1-2H3. The smallest absolute Gasteiger partial charge is 0.240 e. The number of nitrogens with one attached hydrogen (secondary N) is 1. The second-order valence-corrected chi connectivity index (χ2v) is 13.3. The molecule has 1 aromatic carbocycles. The minimum atomic E-state index is -3.64. The van der Waals surface area contributed by atoms with Crippen LogP contribution in [0.4, 0.5) is 4.39 Å². The molecule has 0 spiro atoms. The fraction of sp³-hybridized carbons (Fsp3) is 0.484. The van der Waals surface area contributed by atoms with Crippen molar-refractivity contribution in [1.29, 1.82) is 0 Å². The third-order valence-electron chi connectivity index (χ3n) is 8.18. The number of hydrogen-bond acceptors (Lipinski definition) is 5. The van der Waals surface area contributed by atoms with Gasteiger partial charge < -0.3 is 5.73 Å². The summed E-state index contributed by atoms with van der Waals surface area (Å²) < 4.78 is 44.6. The summed E-state index contributed by atoms with van der Waals surface area (Å²) in [7, 11) is -3.64. The number of hydrogen-bond donors (Lipinski definition) is 2. The molecule has 1 atom stereocenters. The molecular weight excluding hydrogens is 513 g/mol. The highest BCUT2D eigenvalue weighted by atomic mass is 32.2. The molecule has 0 saturated heterocycles. The van der Waals surface area contributed by atoms with Gasteiger partial charge in [0.25, 0.3) is 0 Å². The van der Waals surface area contributed by atoms with E-state index in [1.54, 1.807) is 31.3 Å². The first-order valence-electron chi connectivity index (χ1n) is 14.1. The van der Waals surface area contributed by atoms with Gasteiger partial charge in [0.2, 0.25) is 10.0 Å². The number of pyridine rings is 1. The largest absolute Gasteiger partial charge is 0.402 e. The molecule has 3 aliphatic rings. The minimum Gasteiger partial charge on any atom is -0.402 e. The average molecular weight is 552 g/mol. The number of rotatable bonds is 8. The summed E-state index contributed by atoms with van der Waals surface area (Å²) >= 11 is 0. The van der Waals surface area contributed by atoms with E-state index in [-0.39, 0.29) is 22.6 Å². The van der Waals surface area contributed by atoms with Gasteiger partial charge in [-0.3, -0.25) is 9.78 Å². The number of allylic oxidation sites excluding steroid dienone is 3. The molecule has 2 fully saturated rings. The van der Waals surface area contributed by atoms with Gasteiger partial charge in [-0.05, 0) is 94.0 Å². The third-order valence-corrected chi connectivity index (χ3v) is 9.69. The zero-order chi connectivity index (χ0) is 27.8. The number of aromatic nitrogens is 1. The average Bonchev–Trinajstić information content (AvgIpc) is 3.71. The first-order valence-corrected chi connectivity index (χ1v) is 15.5. The van der Waals surface area contributed by atoms with Crippen molar-refractivity contribution in [2.75, 3.05) is 0 Å². The van der Waals surface area contributed by atoms with Crippen molar-refractivity contribution in [2.24, 2.45) is 11.7 Å². The van der Waals surface area contributed by atoms with Crippen LogP contribution < -0.4 is 10.5 Å². The number of sulfonamides is 1. The Balaban J connectivity index is 1.58. The Hall–Kier alpha value is -2.84. The third kappa shape index (κ3) is 6.33. The topological polar surface area (TPSA) is 102 Å². The Morgan fingerprint density at radius 2 is 1.87 bits per heavy atom. The van der Waals surface area contributed by atoms with E-state index in [1.807, 2.05) is 12.1 Å². The molecule has 2 saturated carbocycles. The van der Waals surface area contributed by atoms with E-state index >= 15 is 4.39 Å². The molecule has 0 bridgehead atoms. The molecule has 1 aromatic heterocycles. The molecule has 8 heteroatoms. The quantitative estimate of drug-likeness (QED) is 0.400. The molecule has 0 aliphatic heterocycles. The number of carbonyl (C=O) groups excluding carboxylic acids is 1. The number of halogens is 1. The van der Waals surface area contributed by atoms with Crippen LogP contribution in [0.25, 0.3) is 11.1 Å². The van der Waals surface area contributed by atoms with Crippen LogP contribution in [-0.4, -0.2) is 30.9 Å². The Morgan fingerprint density at radius 3 is 2.54 bits per heavy atom. The van der Waals surface area contributed by atoms with Crippen LogP contribution in [0.2, 0.25) is 0 Å². The highest BCUT2D eigenvalue weighted by Crippen LogP contribution is 2.42. The van der Waals surface area contributed by atoms with Crippen LogP contribution in [0.15, 0.2) is 53.2 Å². The zero-order valence-electron chi connectivity index (χ0n) is 22.8. The minimum absolute atomic E-state index is 0.00621. The van der Waals surface area contributed by atoms with Gasteiger partial charge in [-0.2, -0.15) is 0 Å². The van der Waals surface area contributed by atoms with E-state index < -0.39 is 15.7 Å². The zero-order valence-corrected chi connectivity index (χ0v) is 23.6. The van der Waals surface area contributed by atoms with Crippen LogP contribution in [0.5, 0.6) is 0 Å². The summed E-state index contributed by atoms with van der Waals surface area (Å²) in [5.41, 5.74) is 9.63. The summed E-state index contributed by atoms with van der Waals surface area (Å²) in [5, 5.41) is 0. The van der Waals surface area contributed by atoms with Crippen molar-refractivity contribution in [3.8, 4) is 0 Å². The van der Waals surface area contributed by atoms with Crippen LogP contribution in [0.1, 0.15) is 94.0 Å². The monoisotopic (exact) mass is 551 g/mol. The predicted octanol–water partition coefficient (Wildman–Crippen LogP) is 5.86. The summed E-state index contributed by atoms with van der Waals surface area (Å²) in [5.74, 6) is -0.151. The van der Waals surface area contributed by atoms with Crippen molar-refractivity contribution in [2.45, 2.75) is 94.7 Å². The molecule has 208 valence electrons. The lowest BCUT2D eigenvalue weighted by atomic mass is 9.78. The first-order chi connectivity index (χ1) is 18.5. The number of alkyl halides is 1. The fourth-order valence-corrected chi connectivity index (χ4v) is 7.45. The Kier molecular flexibility index (Phi) is 7.80. The van der Waals surface area contributed by atoms with E-state index in [2.05, 4.69) is 10.8 Å². The number of ketones is 1.